The minimum Gasteiger partial charge on any atom is -0.468 e. The van der Waals surface area contributed by atoms with E-state index in [1.807, 2.05) is 0 Å². The summed E-state index contributed by atoms with van der Waals surface area (Å²) in [4.78, 5) is 25.6. The number of anilines is 1. The van der Waals surface area contributed by atoms with Gasteiger partial charge in [-0.3, -0.25) is 9.69 Å². The van der Waals surface area contributed by atoms with E-state index in [0.29, 0.717) is 55.1 Å². The number of methoxy groups -OCH3 is 1. The Morgan fingerprint density at radius 2 is 1.88 bits per heavy atom. The molecule has 3 saturated heterocycles. The first-order chi connectivity index (χ1) is 23.2. The summed E-state index contributed by atoms with van der Waals surface area (Å²) in [5.41, 5.74) is -0.719. The fourth-order valence-corrected chi connectivity index (χ4v) is 7.78. The zero-order chi connectivity index (χ0) is 33.6. The predicted octanol–water partition coefficient (Wildman–Crippen LogP) is 6.93. The molecule has 0 bridgehead atoms. The van der Waals surface area contributed by atoms with E-state index in [0.717, 1.165) is 19.4 Å². The summed E-state index contributed by atoms with van der Waals surface area (Å²) in [5.74, 6) is -1.92. The number of fused-ring (bicyclic) bond motifs is 3. The molecule has 48 heavy (non-hydrogen) atoms. The van der Waals surface area contributed by atoms with Gasteiger partial charge in [0.1, 0.15) is 41.5 Å². The van der Waals surface area contributed by atoms with Crippen LogP contribution in [0, 0.1) is 17.5 Å². The van der Waals surface area contributed by atoms with E-state index in [1.54, 1.807) is 24.0 Å². The summed E-state index contributed by atoms with van der Waals surface area (Å²) in [6.07, 6.45) is 3.09. The smallest absolute Gasteiger partial charge is 0.319 e. The number of ether oxygens (including phenoxy) is 3. The molecule has 4 aromatic rings. The highest BCUT2D eigenvalue weighted by Gasteiger charge is 2.49. The normalized spacial score (nSPS) is 21.7. The molecule has 3 aliphatic rings. The average Bonchev–Trinajstić information content (AvgIpc) is 3.50. The van der Waals surface area contributed by atoms with Crippen molar-refractivity contribution in [2.45, 2.75) is 63.6 Å². The molecule has 0 radical (unpaired) electrons. The van der Waals surface area contributed by atoms with Gasteiger partial charge in [-0.05, 0) is 84.8 Å². The van der Waals surface area contributed by atoms with Crippen molar-refractivity contribution in [3.8, 4) is 22.9 Å². The number of aryl methyl sites for hydroxylation is 1. The molecule has 0 saturated carbocycles. The van der Waals surface area contributed by atoms with E-state index in [2.05, 4.69) is 14.9 Å². The van der Waals surface area contributed by atoms with Gasteiger partial charge in [0.05, 0.1) is 17.6 Å². The number of halogens is 4. The Morgan fingerprint density at radius 3 is 2.69 bits per heavy atom. The summed E-state index contributed by atoms with van der Waals surface area (Å²) >= 11 is 0. The van der Waals surface area contributed by atoms with E-state index in [9.17, 15) is 9.18 Å². The molecule has 3 fully saturated rings. The van der Waals surface area contributed by atoms with E-state index in [4.69, 9.17) is 14.2 Å². The molecule has 3 aromatic carbocycles. The van der Waals surface area contributed by atoms with Crippen molar-refractivity contribution >= 4 is 33.3 Å². The molecule has 0 unspecified atom stereocenters. The molecule has 0 spiro atoms. The number of alkyl halides is 1. The minimum atomic E-state index is -0.985. The topological polar surface area (TPSA) is 77.0 Å². The first kappa shape index (κ1) is 32.5. The molecule has 0 N–H and O–H groups in total. The highest BCUT2D eigenvalue weighted by Crippen LogP contribution is 2.43. The van der Waals surface area contributed by atoms with Crippen molar-refractivity contribution in [3.05, 3.63) is 53.3 Å². The third-order valence-corrected chi connectivity index (χ3v) is 9.98. The predicted molar refractivity (Wildman–Crippen MR) is 174 cm³/mol. The van der Waals surface area contributed by atoms with Gasteiger partial charge in [-0.25, -0.2) is 17.6 Å². The lowest BCUT2D eigenvalue weighted by Crippen LogP contribution is -2.43. The third kappa shape index (κ3) is 5.83. The van der Waals surface area contributed by atoms with Crippen molar-refractivity contribution in [1.82, 2.24) is 14.9 Å². The number of carbonyl (C=O) groups is 1. The highest BCUT2D eigenvalue weighted by atomic mass is 19.1. The van der Waals surface area contributed by atoms with Crippen LogP contribution >= 0.6 is 0 Å². The quantitative estimate of drug-likeness (QED) is 0.141. The fraction of sp³-hybridized carbons (Fsp3) is 0.472. The lowest BCUT2D eigenvalue weighted by molar-refractivity contribution is -0.117. The number of nitrogens with zero attached hydrogens (tertiary/aromatic N) is 4. The van der Waals surface area contributed by atoms with Gasteiger partial charge in [0.2, 0.25) is 0 Å². The van der Waals surface area contributed by atoms with Crippen LogP contribution in [-0.2, 0) is 16.0 Å². The van der Waals surface area contributed by atoms with Crippen LogP contribution in [0.15, 0.2) is 30.3 Å². The van der Waals surface area contributed by atoms with Crippen LogP contribution in [0.4, 0.5) is 23.4 Å². The van der Waals surface area contributed by atoms with E-state index in [1.165, 1.54) is 25.3 Å². The summed E-state index contributed by atoms with van der Waals surface area (Å²) in [7, 11) is 1.45. The number of hydrogen-bond acceptors (Lipinski definition) is 8. The standard InChI is InChI=1S/C36H38F4N4O4/c1-3-25-28(38)9-8-21-13-24(48-20-46-2)14-26(30(21)25)31-29(39)15-27-33(32(31)40)41-35(42-34(27)43-11-5-4-7-23(45)18-43)47-19-36-10-6-12-44(36)17-22(37)16-36/h8-9,13-15,22H,3-7,10-12,16-20H2,1-2H3/t22-,36+/m1/s1. The van der Waals surface area contributed by atoms with Crippen LogP contribution in [0.2, 0.25) is 0 Å². The zero-order valence-corrected chi connectivity index (χ0v) is 27.1. The van der Waals surface area contributed by atoms with Crippen LogP contribution in [0.25, 0.3) is 32.8 Å². The van der Waals surface area contributed by atoms with Crippen molar-refractivity contribution < 1.29 is 36.6 Å². The van der Waals surface area contributed by atoms with Gasteiger partial charge >= 0.3 is 6.01 Å². The molecule has 2 atom stereocenters. The van der Waals surface area contributed by atoms with Crippen LogP contribution in [0.1, 0.15) is 51.0 Å². The summed E-state index contributed by atoms with van der Waals surface area (Å²) in [6, 6.07) is 7.04. The van der Waals surface area contributed by atoms with Gasteiger partial charge in [-0.15, -0.1) is 0 Å². The lowest BCUT2D eigenvalue weighted by Gasteiger charge is -2.31. The van der Waals surface area contributed by atoms with Crippen molar-refractivity contribution in [3.63, 3.8) is 0 Å². The number of benzene rings is 3. The van der Waals surface area contributed by atoms with Crippen molar-refractivity contribution in [1.29, 1.82) is 0 Å². The number of ketones is 1. The van der Waals surface area contributed by atoms with E-state index in [-0.39, 0.29) is 66.2 Å². The third-order valence-electron chi connectivity index (χ3n) is 9.98. The molecule has 1 aromatic heterocycles. The Balaban J connectivity index is 1.42. The van der Waals surface area contributed by atoms with Gasteiger partial charge in [-0.1, -0.05) is 13.0 Å². The Kier molecular flexibility index (Phi) is 8.88. The van der Waals surface area contributed by atoms with Gasteiger partial charge in [0.15, 0.2) is 18.4 Å². The number of hydrogen-bond donors (Lipinski definition) is 0. The fourth-order valence-electron chi connectivity index (χ4n) is 7.78. The Morgan fingerprint density at radius 1 is 1.02 bits per heavy atom. The molecule has 8 nitrogen and oxygen atoms in total. The van der Waals surface area contributed by atoms with Crippen molar-refractivity contribution in [2.75, 3.05) is 51.6 Å². The molecular weight excluding hydrogens is 628 g/mol. The number of Topliss-reactive ketones (excluding diaryl/α,β-unsaturated/α-hetero) is 1. The maximum absolute atomic E-state index is 17.1. The Hall–Kier alpha value is -4.03. The maximum Gasteiger partial charge on any atom is 0.319 e. The van der Waals surface area contributed by atoms with Crippen LogP contribution in [0.3, 0.4) is 0 Å². The summed E-state index contributed by atoms with van der Waals surface area (Å²) in [6.45, 7) is 3.35. The first-order valence-corrected chi connectivity index (χ1v) is 16.6. The second kappa shape index (κ2) is 13.1. The van der Waals surface area contributed by atoms with Crippen LogP contribution in [-0.4, -0.2) is 79.1 Å². The summed E-state index contributed by atoms with van der Waals surface area (Å²) in [5, 5.41) is 0.971. The van der Waals surface area contributed by atoms with Crippen LogP contribution < -0.4 is 14.4 Å². The average molecular weight is 667 g/mol. The SMILES string of the molecule is CCc1c(F)ccc2cc(OCOC)cc(-c3c(F)cc4c(N5CCCCC(=O)C5)nc(OC[C@@]56CCCN5C[C@H](F)C6)nc4c3F)c12. The second-order valence-electron chi connectivity index (χ2n) is 13.1. The van der Waals surface area contributed by atoms with Gasteiger partial charge < -0.3 is 19.1 Å². The highest BCUT2D eigenvalue weighted by molar-refractivity contribution is 6.03. The Bertz CT molecular complexity index is 1890. The van der Waals surface area contributed by atoms with Gasteiger partial charge in [0, 0.05) is 38.4 Å². The van der Waals surface area contributed by atoms with Gasteiger partial charge in [0.25, 0.3) is 0 Å². The van der Waals surface area contributed by atoms with Crippen molar-refractivity contribution in [2.24, 2.45) is 0 Å². The molecule has 3 aliphatic heterocycles. The number of rotatable bonds is 9. The van der Waals surface area contributed by atoms with E-state index >= 15 is 13.2 Å². The largest absolute Gasteiger partial charge is 0.468 e. The molecule has 12 heteroatoms. The molecule has 254 valence electrons. The monoisotopic (exact) mass is 666 g/mol. The zero-order valence-electron chi connectivity index (χ0n) is 27.1. The Labute approximate surface area is 276 Å². The van der Waals surface area contributed by atoms with Gasteiger partial charge in [-0.2, -0.15) is 9.97 Å². The maximum atomic E-state index is 17.1. The van der Waals surface area contributed by atoms with E-state index < -0.39 is 34.7 Å². The summed E-state index contributed by atoms with van der Waals surface area (Å²) < 4.78 is 80.1. The lowest BCUT2D eigenvalue weighted by atomic mass is 9.91. The van der Waals surface area contributed by atoms with Crippen LogP contribution in [0.5, 0.6) is 11.8 Å². The molecule has 0 amide bonds. The molecular formula is C36H38F4N4O4. The molecule has 7 rings (SSSR count). The number of aromatic nitrogens is 2. The number of carbonyl (C=O) groups excluding carboxylic acids is 1. The first-order valence-electron chi connectivity index (χ1n) is 16.6. The minimum absolute atomic E-state index is 0.00631. The molecule has 4 heterocycles. The second-order valence-corrected chi connectivity index (χ2v) is 13.1. The molecule has 0 aliphatic carbocycles.